The van der Waals surface area contributed by atoms with Crippen molar-refractivity contribution in [3.63, 3.8) is 0 Å². The monoisotopic (exact) mass is 352 g/mol. The first-order valence-electron chi connectivity index (χ1n) is 8.84. The molecule has 0 spiro atoms. The highest BCUT2D eigenvalue weighted by Crippen LogP contribution is 2.36. The first-order valence-corrected chi connectivity index (χ1v) is 8.84. The minimum absolute atomic E-state index is 0.0869. The van der Waals surface area contributed by atoms with Crippen LogP contribution >= 0.6 is 0 Å². The summed E-state index contributed by atoms with van der Waals surface area (Å²) in [5, 5.41) is 2.77. The summed E-state index contributed by atoms with van der Waals surface area (Å²) in [6.45, 7) is 6.53. The molecule has 0 radical (unpaired) electrons. The van der Waals surface area contributed by atoms with Gasteiger partial charge < -0.3 is 15.0 Å². The van der Waals surface area contributed by atoms with Gasteiger partial charge in [-0.2, -0.15) is 0 Å². The van der Waals surface area contributed by atoms with Crippen molar-refractivity contribution in [2.24, 2.45) is 0 Å². The van der Waals surface area contributed by atoms with E-state index in [1.807, 2.05) is 56.3 Å². The van der Waals surface area contributed by atoms with E-state index in [0.717, 1.165) is 22.6 Å². The van der Waals surface area contributed by atoms with Crippen molar-refractivity contribution in [3.8, 4) is 5.75 Å². The molecular weight excluding hydrogens is 328 g/mol. The normalized spacial score (nSPS) is 15.7. The van der Waals surface area contributed by atoms with Crippen LogP contribution in [-0.2, 0) is 9.59 Å². The summed E-state index contributed by atoms with van der Waals surface area (Å²) < 4.78 is 5.75. The molecule has 0 aromatic heterocycles. The van der Waals surface area contributed by atoms with E-state index < -0.39 is 6.04 Å². The van der Waals surface area contributed by atoms with Gasteiger partial charge in [-0.05, 0) is 38.5 Å². The molecule has 136 valence electrons. The maximum absolute atomic E-state index is 12.8. The number of aryl methyl sites for hydroxylation is 2. The van der Waals surface area contributed by atoms with Crippen LogP contribution in [0.25, 0.3) is 0 Å². The van der Waals surface area contributed by atoms with E-state index in [2.05, 4.69) is 5.32 Å². The van der Waals surface area contributed by atoms with Gasteiger partial charge in [0, 0.05) is 24.7 Å². The van der Waals surface area contributed by atoms with E-state index in [1.165, 1.54) is 12.5 Å². The Morgan fingerprint density at radius 1 is 1.12 bits per heavy atom. The summed E-state index contributed by atoms with van der Waals surface area (Å²) in [6, 6.07) is 13.2. The van der Waals surface area contributed by atoms with Gasteiger partial charge in [0.2, 0.25) is 5.91 Å². The van der Waals surface area contributed by atoms with E-state index in [9.17, 15) is 9.59 Å². The molecule has 0 aliphatic carbocycles. The van der Waals surface area contributed by atoms with Crippen LogP contribution in [0.3, 0.4) is 0 Å². The van der Waals surface area contributed by atoms with Crippen molar-refractivity contribution in [3.05, 3.63) is 59.2 Å². The summed E-state index contributed by atoms with van der Waals surface area (Å²) in [4.78, 5) is 26.0. The predicted molar refractivity (Wildman–Crippen MR) is 101 cm³/mol. The van der Waals surface area contributed by atoms with Gasteiger partial charge in [-0.15, -0.1) is 0 Å². The Bertz CT molecular complexity index is 815. The minimum atomic E-state index is -0.597. The second kappa shape index (κ2) is 7.60. The number of hydrogen-bond donors (Lipinski definition) is 1. The molecule has 1 atom stereocenters. The number of benzene rings is 2. The van der Waals surface area contributed by atoms with Crippen LogP contribution in [0.2, 0.25) is 0 Å². The van der Waals surface area contributed by atoms with Crippen molar-refractivity contribution in [2.45, 2.75) is 33.2 Å². The van der Waals surface area contributed by atoms with Crippen LogP contribution in [0.5, 0.6) is 5.75 Å². The van der Waals surface area contributed by atoms with Gasteiger partial charge in [-0.25, -0.2) is 0 Å². The Hall–Kier alpha value is -2.82. The number of carbonyl (C=O) groups excluding carboxylic acids is 2. The maximum Gasteiger partial charge on any atom is 0.254 e. The lowest BCUT2D eigenvalue weighted by Gasteiger charge is -2.18. The minimum Gasteiger partial charge on any atom is -0.494 e. The topological polar surface area (TPSA) is 58.6 Å². The Morgan fingerprint density at radius 2 is 1.81 bits per heavy atom. The van der Waals surface area contributed by atoms with Gasteiger partial charge >= 0.3 is 0 Å². The zero-order valence-electron chi connectivity index (χ0n) is 15.4. The highest BCUT2D eigenvalue weighted by Gasteiger charge is 2.37. The van der Waals surface area contributed by atoms with Crippen LogP contribution in [0.4, 0.5) is 5.69 Å². The SMILES string of the molecule is CC(=O)NC1C(=O)N(CCCOc2ccc(C)cc2)c2ccc(C)cc21. The molecule has 26 heavy (non-hydrogen) atoms. The van der Waals surface area contributed by atoms with Gasteiger partial charge in [0.15, 0.2) is 0 Å². The largest absolute Gasteiger partial charge is 0.494 e. The average Bonchev–Trinajstić information content (AvgIpc) is 2.84. The molecular formula is C21H24N2O3. The highest BCUT2D eigenvalue weighted by molar-refractivity contribution is 6.06. The van der Waals surface area contributed by atoms with E-state index in [4.69, 9.17) is 4.74 Å². The van der Waals surface area contributed by atoms with Crippen LogP contribution in [0.15, 0.2) is 42.5 Å². The van der Waals surface area contributed by atoms with Gasteiger partial charge in [-0.1, -0.05) is 35.4 Å². The maximum atomic E-state index is 12.8. The van der Waals surface area contributed by atoms with Crippen LogP contribution < -0.4 is 15.0 Å². The first-order chi connectivity index (χ1) is 12.5. The van der Waals surface area contributed by atoms with Crippen molar-refractivity contribution in [2.75, 3.05) is 18.1 Å². The average molecular weight is 352 g/mol. The van der Waals surface area contributed by atoms with Crippen molar-refractivity contribution in [1.29, 1.82) is 0 Å². The fourth-order valence-electron chi connectivity index (χ4n) is 3.18. The Labute approximate surface area is 154 Å². The molecule has 0 saturated heterocycles. The Kier molecular flexibility index (Phi) is 5.26. The second-order valence-electron chi connectivity index (χ2n) is 6.70. The van der Waals surface area contributed by atoms with Gasteiger partial charge in [-0.3, -0.25) is 9.59 Å². The van der Waals surface area contributed by atoms with E-state index in [0.29, 0.717) is 19.6 Å². The third-order valence-electron chi connectivity index (χ3n) is 4.46. The third kappa shape index (κ3) is 3.87. The molecule has 0 bridgehead atoms. The summed E-state index contributed by atoms with van der Waals surface area (Å²) >= 11 is 0. The Balaban J connectivity index is 1.65. The fourth-order valence-corrected chi connectivity index (χ4v) is 3.18. The number of carbonyl (C=O) groups is 2. The lowest BCUT2D eigenvalue weighted by Crippen LogP contribution is -2.37. The van der Waals surface area contributed by atoms with Gasteiger partial charge in [0.05, 0.1) is 6.61 Å². The summed E-state index contributed by atoms with van der Waals surface area (Å²) in [7, 11) is 0. The van der Waals surface area contributed by atoms with Crippen molar-refractivity contribution < 1.29 is 14.3 Å². The standard InChI is InChI=1S/C21H24N2O3/c1-14-5-8-17(9-6-14)26-12-4-11-23-19-10-7-15(2)13-18(19)20(21(23)25)22-16(3)24/h5-10,13,20H,4,11-12H2,1-3H3,(H,22,24). The molecule has 1 heterocycles. The number of nitrogens with one attached hydrogen (secondary N) is 1. The van der Waals surface area contributed by atoms with Crippen molar-refractivity contribution in [1.82, 2.24) is 5.32 Å². The third-order valence-corrected chi connectivity index (χ3v) is 4.46. The smallest absolute Gasteiger partial charge is 0.254 e. The fraction of sp³-hybridized carbons (Fsp3) is 0.333. The quantitative estimate of drug-likeness (QED) is 0.812. The molecule has 1 N–H and O–H groups in total. The zero-order valence-corrected chi connectivity index (χ0v) is 15.4. The van der Waals surface area contributed by atoms with Crippen molar-refractivity contribution >= 4 is 17.5 Å². The van der Waals surface area contributed by atoms with E-state index >= 15 is 0 Å². The summed E-state index contributed by atoms with van der Waals surface area (Å²) in [5.74, 6) is 0.534. The number of amides is 2. The van der Waals surface area contributed by atoms with E-state index in [1.54, 1.807) is 4.90 Å². The first kappa shape index (κ1) is 18.0. The summed E-state index contributed by atoms with van der Waals surface area (Å²) in [6.07, 6.45) is 0.708. The molecule has 1 aliphatic heterocycles. The van der Waals surface area contributed by atoms with Crippen LogP contribution in [-0.4, -0.2) is 25.0 Å². The molecule has 1 unspecified atom stereocenters. The molecule has 0 saturated carbocycles. The van der Waals surface area contributed by atoms with Crippen LogP contribution in [0.1, 0.15) is 36.1 Å². The second-order valence-corrected chi connectivity index (χ2v) is 6.70. The lowest BCUT2D eigenvalue weighted by molar-refractivity contribution is -0.126. The molecule has 5 heteroatoms. The van der Waals surface area contributed by atoms with Gasteiger partial charge in [0.1, 0.15) is 11.8 Å². The number of fused-ring (bicyclic) bond motifs is 1. The predicted octanol–water partition coefficient (Wildman–Crippen LogP) is 3.30. The molecule has 5 nitrogen and oxygen atoms in total. The van der Waals surface area contributed by atoms with E-state index in [-0.39, 0.29) is 11.8 Å². The molecule has 2 amide bonds. The van der Waals surface area contributed by atoms with Gasteiger partial charge in [0.25, 0.3) is 5.91 Å². The lowest BCUT2D eigenvalue weighted by atomic mass is 10.1. The summed E-state index contributed by atoms with van der Waals surface area (Å²) in [5.41, 5.74) is 3.99. The molecule has 2 aromatic rings. The molecule has 1 aliphatic rings. The number of hydrogen-bond acceptors (Lipinski definition) is 3. The molecule has 3 rings (SSSR count). The molecule has 2 aromatic carbocycles. The highest BCUT2D eigenvalue weighted by atomic mass is 16.5. The number of nitrogens with zero attached hydrogens (tertiary/aromatic N) is 1. The number of rotatable bonds is 6. The zero-order chi connectivity index (χ0) is 18.7. The molecule has 0 fully saturated rings. The Morgan fingerprint density at radius 3 is 2.50 bits per heavy atom. The number of ether oxygens (including phenoxy) is 1. The number of anilines is 1. The van der Waals surface area contributed by atoms with Crippen LogP contribution in [0, 0.1) is 13.8 Å².